The number of nitrogens with zero attached hydrogens (tertiary/aromatic N) is 2. The van der Waals surface area contributed by atoms with Crippen molar-refractivity contribution in [2.75, 3.05) is 19.8 Å². The van der Waals surface area contributed by atoms with E-state index in [2.05, 4.69) is 0 Å². The van der Waals surface area contributed by atoms with Gasteiger partial charge in [0.1, 0.15) is 0 Å². The molecule has 166 valence electrons. The maximum absolute atomic E-state index is 12.6. The van der Waals surface area contributed by atoms with E-state index >= 15 is 0 Å². The number of amides is 1. The Bertz CT molecular complexity index is 1070. The molecular formula is C18H25N3O7S2. The molecule has 0 spiro atoms. The first kappa shape index (κ1) is 25.5. The van der Waals surface area contributed by atoms with E-state index < -0.39 is 26.0 Å². The molecule has 2 aromatic rings. The molecule has 10 nitrogen and oxygen atoms in total. The van der Waals surface area contributed by atoms with Crippen LogP contribution < -0.4 is 5.48 Å². The number of aromatic nitrogens is 1. The molecule has 3 N–H and O–H groups in total. The molecule has 30 heavy (non-hydrogen) atoms. The van der Waals surface area contributed by atoms with Crippen molar-refractivity contribution in [3.63, 3.8) is 0 Å². The molecule has 0 aliphatic rings. The van der Waals surface area contributed by atoms with E-state index in [1.807, 2.05) is 19.0 Å². The predicted octanol–water partition coefficient (Wildman–Crippen LogP) is 1.20. The zero-order valence-electron chi connectivity index (χ0n) is 16.8. The molecular weight excluding hydrogens is 434 g/mol. The van der Waals surface area contributed by atoms with Crippen LogP contribution in [0.5, 0.6) is 0 Å². The molecule has 0 radical (unpaired) electrons. The highest BCUT2D eigenvalue weighted by Crippen LogP contribution is 2.17. The van der Waals surface area contributed by atoms with E-state index in [1.54, 1.807) is 30.3 Å². The quantitative estimate of drug-likeness (QED) is 0.242. The van der Waals surface area contributed by atoms with Crippen LogP contribution in [0.4, 0.5) is 0 Å². The molecule has 1 aromatic carbocycles. The Kier molecular flexibility index (Phi) is 9.39. The van der Waals surface area contributed by atoms with Gasteiger partial charge in [0.15, 0.2) is 0 Å². The summed E-state index contributed by atoms with van der Waals surface area (Å²) in [6, 6.07) is 8.26. The Hall–Kier alpha value is -2.51. The monoisotopic (exact) mass is 459 g/mol. The molecule has 1 aromatic heterocycles. The van der Waals surface area contributed by atoms with Gasteiger partial charge >= 0.3 is 0 Å². The van der Waals surface area contributed by atoms with Crippen molar-refractivity contribution in [3.8, 4) is 0 Å². The Balaban J connectivity index is 0.000000656. The molecule has 0 unspecified atom stereocenters. The molecule has 1 heterocycles. The summed E-state index contributed by atoms with van der Waals surface area (Å²) in [5.41, 5.74) is 3.00. The lowest BCUT2D eigenvalue weighted by atomic mass is 10.2. The standard InChI is InChI=1S/C16H19N3O4S.C2H6O3S/c1-18(2)11-13-3-6-15(7-4-13)24(22,23)19-10-9-14(12-19)5-8-16(20)17-21;1-2-6(3,4)5/h3-10,12,21H,11H2,1-2H3,(H,17,20);2H2,1H3,(H,3,4,5)/b8-5+;. The molecule has 0 aliphatic carbocycles. The molecule has 0 bridgehead atoms. The van der Waals surface area contributed by atoms with Crippen molar-refractivity contribution >= 4 is 32.1 Å². The summed E-state index contributed by atoms with van der Waals surface area (Å²) < 4.78 is 53.2. The molecule has 0 saturated carbocycles. The van der Waals surface area contributed by atoms with Crippen molar-refractivity contribution in [1.29, 1.82) is 0 Å². The van der Waals surface area contributed by atoms with Crippen molar-refractivity contribution in [3.05, 3.63) is 59.9 Å². The van der Waals surface area contributed by atoms with Crippen molar-refractivity contribution in [2.24, 2.45) is 0 Å². The number of hydroxylamine groups is 1. The average molecular weight is 460 g/mol. The van der Waals surface area contributed by atoms with Gasteiger partial charge in [-0.05, 0) is 56.4 Å². The summed E-state index contributed by atoms with van der Waals surface area (Å²) in [6.07, 6.45) is 5.30. The highest BCUT2D eigenvalue weighted by molar-refractivity contribution is 7.90. The maximum atomic E-state index is 12.6. The third-order valence-electron chi connectivity index (χ3n) is 3.59. The second kappa shape index (κ2) is 11.0. The second-order valence-corrected chi connectivity index (χ2v) is 9.93. The number of benzene rings is 1. The zero-order valence-corrected chi connectivity index (χ0v) is 18.4. The van der Waals surface area contributed by atoms with E-state index in [9.17, 15) is 21.6 Å². The average Bonchev–Trinajstić information content (AvgIpc) is 3.16. The topological polar surface area (TPSA) is 146 Å². The Morgan fingerprint density at radius 3 is 2.17 bits per heavy atom. The summed E-state index contributed by atoms with van der Waals surface area (Å²) in [7, 11) is -3.47. The number of carbonyl (C=O) groups excluding carboxylic acids is 1. The van der Waals surface area contributed by atoms with E-state index in [0.29, 0.717) is 5.56 Å². The molecule has 0 saturated heterocycles. The molecule has 12 heteroatoms. The summed E-state index contributed by atoms with van der Waals surface area (Å²) in [5, 5.41) is 8.42. The van der Waals surface area contributed by atoms with Crippen LogP contribution in [0.1, 0.15) is 18.1 Å². The largest absolute Gasteiger partial charge is 0.305 e. The lowest BCUT2D eigenvalue weighted by Crippen LogP contribution is -2.14. The number of hydrogen-bond acceptors (Lipinski definition) is 7. The summed E-state index contributed by atoms with van der Waals surface area (Å²) >= 11 is 0. The van der Waals surface area contributed by atoms with Gasteiger partial charge in [-0.3, -0.25) is 14.6 Å². The van der Waals surface area contributed by atoms with Crippen LogP contribution in [-0.4, -0.2) is 61.2 Å². The summed E-state index contributed by atoms with van der Waals surface area (Å²) in [4.78, 5) is 13.1. The van der Waals surface area contributed by atoms with E-state index in [1.165, 1.54) is 30.9 Å². The normalized spacial score (nSPS) is 11.9. The lowest BCUT2D eigenvalue weighted by Gasteiger charge is -2.10. The molecule has 1 amide bonds. The number of rotatable bonds is 7. The van der Waals surface area contributed by atoms with Crippen LogP contribution >= 0.6 is 0 Å². The van der Waals surface area contributed by atoms with Gasteiger partial charge in [0.25, 0.3) is 26.0 Å². The second-order valence-electron chi connectivity index (χ2n) is 6.34. The highest BCUT2D eigenvalue weighted by atomic mass is 32.2. The minimum atomic E-state index is -3.69. The van der Waals surface area contributed by atoms with E-state index in [-0.39, 0.29) is 10.6 Å². The maximum Gasteiger partial charge on any atom is 0.267 e. The van der Waals surface area contributed by atoms with Crippen LogP contribution in [0, 0.1) is 0 Å². The Morgan fingerprint density at radius 2 is 1.70 bits per heavy atom. The van der Waals surface area contributed by atoms with Gasteiger partial charge in [0.2, 0.25) is 0 Å². The van der Waals surface area contributed by atoms with Crippen LogP contribution in [0.25, 0.3) is 6.08 Å². The van der Waals surface area contributed by atoms with Gasteiger partial charge in [-0.15, -0.1) is 0 Å². The third kappa shape index (κ3) is 8.47. The minimum Gasteiger partial charge on any atom is -0.305 e. The predicted molar refractivity (Wildman–Crippen MR) is 112 cm³/mol. The Labute approximate surface area is 176 Å². The lowest BCUT2D eigenvalue weighted by molar-refractivity contribution is -0.124. The zero-order chi connectivity index (χ0) is 22.9. The van der Waals surface area contributed by atoms with Gasteiger partial charge < -0.3 is 4.90 Å². The first-order valence-corrected chi connectivity index (χ1v) is 11.7. The van der Waals surface area contributed by atoms with Gasteiger partial charge in [-0.25, -0.2) is 17.9 Å². The molecule has 2 rings (SSSR count). The van der Waals surface area contributed by atoms with Crippen molar-refractivity contribution in [1.82, 2.24) is 14.4 Å². The molecule has 0 aliphatic heterocycles. The van der Waals surface area contributed by atoms with E-state index in [0.717, 1.165) is 22.2 Å². The third-order valence-corrected chi connectivity index (χ3v) is 5.97. The number of hydrogen-bond donors (Lipinski definition) is 3. The Morgan fingerprint density at radius 1 is 1.13 bits per heavy atom. The minimum absolute atomic E-state index is 0.184. The fraction of sp³-hybridized carbons (Fsp3) is 0.278. The van der Waals surface area contributed by atoms with Gasteiger partial charge in [0, 0.05) is 25.0 Å². The summed E-state index contributed by atoms with van der Waals surface area (Å²) in [5.74, 6) is -0.894. The van der Waals surface area contributed by atoms with E-state index in [4.69, 9.17) is 9.76 Å². The van der Waals surface area contributed by atoms with Gasteiger partial charge in [-0.2, -0.15) is 8.42 Å². The first-order chi connectivity index (χ1) is 13.9. The molecule has 0 fully saturated rings. The molecule has 0 atom stereocenters. The smallest absolute Gasteiger partial charge is 0.267 e. The fourth-order valence-corrected chi connectivity index (χ4v) is 3.31. The van der Waals surface area contributed by atoms with Crippen LogP contribution in [0.2, 0.25) is 0 Å². The number of carbonyl (C=O) groups is 1. The van der Waals surface area contributed by atoms with Crippen LogP contribution in [0.15, 0.2) is 53.7 Å². The van der Waals surface area contributed by atoms with Crippen molar-refractivity contribution in [2.45, 2.75) is 18.4 Å². The van der Waals surface area contributed by atoms with Gasteiger partial charge in [0.05, 0.1) is 10.6 Å². The van der Waals surface area contributed by atoms with Crippen LogP contribution in [-0.2, 0) is 31.5 Å². The SMILES string of the molecule is CCS(=O)(=O)O.CN(C)Cc1ccc(S(=O)(=O)n2ccc(/C=C/C(=O)NO)c2)cc1. The van der Waals surface area contributed by atoms with Crippen LogP contribution in [0.3, 0.4) is 0 Å². The van der Waals surface area contributed by atoms with Crippen molar-refractivity contribution < 1.29 is 31.4 Å². The fourth-order valence-electron chi connectivity index (χ4n) is 2.10. The van der Waals surface area contributed by atoms with Gasteiger partial charge in [-0.1, -0.05) is 12.1 Å². The highest BCUT2D eigenvalue weighted by Gasteiger charge is 2.16. The first-order valence-electron chi connectivity index (χ1n) is 8.63. The summed E-state index contributed by atoms with van der Waals surface area (Å²) in [6.45, 7) is 2.10. The number of nitrogens with one attached hydrogen (secondary N) is 1.